The van der Waals surface area contributed by atoms with Gasteiger partial charge in [-0.2, -0.15) is 0 Å². The zero-order chi connectivity index (χ0) is 13.6. The van der Waals surface area contributed by atoms with Crippen LogP contribution < -0.4 is 0 Å². The fraction of sp³-hybridized carbons (Fsp3) is 1.00. The minimum atomic E-state index is 0.164. The average Bonchev–Trinajstić information content (AvgIpc) is 2.37. The molecule has 2 unspecified atom stereocenters. The predicted molar refractivity (Wildman–Crippen MR) is 73.0 cm³/mol. The van der Waals surface area contributed by atoms with E-state index in [9.17, 15) is 0 Å². The van der Waals surface area contributed by atoms with Crippen LogP contribution in [0.5, 0.6) is 0 Å². The van der Waals surface area contributed by atoms with Crippen LogP contribution in [0, 0.1) is 0 Å². The minimum Gasteiger partial charge on any atom is -0.376 e. The fourth-order valence-electron chi connectivity index (χ4n) is 1.35. The first-order valence-corrected chi connectivity index (χ1v) is 7.09. The highest BCUT2D eigenvalue weighted by atomic mass is 16.6. The molecule has 18 heavy (non-hydrogen) atoms. The molecule has 110 valence electrons. The second-order valence-electron chi connectivity index (χ2n) is 4.51. The first-order valence-electron chi connectivity index (χ1n) is 7.09. The van der Waals surface area contributed by atoms with Gasteiger partial charge in [0.05, 0.1) is 38.6 Å². The Bertz CT molecular complexity index is 146. The third kappa shape index (κ3) is 12.3. The van der Waals surface area contributed by atoms with Gasteiger partial charge in [0, 0.05) is 13.2 Å². The zero-order valence-corrected chi connectivity index (χ0v) is 12.4. The van der Waals surface area contributed by atoms with Gasteiger partial charge in [-0.05, 0) is 26.7 Å². The molecule has 0 N–H and O–H groups in total. The minimum absolute atomic E-state index is 0.164. The zero-order valence-electron chi connectivity index (χ0n) is 12.4. The Morgan fingerprint density at radius 1 is 0.667 bits per heavy atom. The smallest absolute Gasteiger partial charge is 0.0780 e. The van der Waals surface area contributed by atoms with Crippen molar-refractivity contribution >= 4 is 0 Å². The van der Waals surface area contributed by atoms with Crippen molar-refractivity contribution in [2.45, 2.75) is 52.7 Å². The summed E-state index contributed by atoms with van der Waals surface area (Å²) in [5.74, 6) is 0. The first-order chi connectivity index (χ1) is 8.70. The van der Waals surface area contributed by atoms with Gasteiger partial charge in [-0.15, -0.1) is 0 Å². The molecule has 2 atom stereocenters. The molecule has 0 aliphatic carbocycles. The summed E-state index contributed by atoms with van der Waals surface area (Å²) in [4.78, 5) is 0. The van der Waals surface area contributed by atoms with Gasteiger partial charge < -0.3 is 18.9 Å². The largest absolute Gasteiger partial charge is 0.376 e. The SMILES string of the molecule is CCCOC(C)COCCOCC(C)OCCC. The van der Waals surface area contributed by atoms with E-state index in [0.717, 1.165) is 26.1 Å². The molecular formula is C14H30O4. The molecule has 0 amide bonds. The monoisotopic (exact) mass is 262 g/mol. The molecule has 0 fully saturated rings. The van der Waals surface area contributed by atoms with Crippen LogP contribution in [0.15, 0.2) is 0 Å². The van der Waals surface area contributed by atoms with Crippen LogP contribution in [0.1, 0.15) is 40.5 Å². The lowest BCUT2D eigenvalue weighted by Gasteiger charge is -2.14. The number of hydrogen-bond donors (Lipinski definition) is 0. The molecule has 0 saturated carbocycles. The molecule has 0 aliphatic rings. The molecule has 0 spiro atoms. The van der Waals surface area contributed by atoms with E-state index in [1.807, 2.05) is 13.8 Å². The summed E-state index contributed by atoms with van der Waals surface area (Å²) in [7, 11) is 0. The Balaban J connectivity index is 3.19. The molecule has 0 aliphatic heterocycles. The predicted octanol–water partition coefficient (Wildman–Crippen LogP) is 2.65. The summed E-state index contributed by atoms with van der Waals surface area (Å²) in [6.45, 7) is 12.3. The first kappa shape index (κ1) is 17.8. The number of ether oxygens (including phenoxy) is 4. The van der Waals surface area contributed by atoms with E-state index in [-0.39, 0.29) is 12.2 Å². The van der Waals surface area contributed by atoms with Crippen LogP contribution in [0.2, 0.25) is 0 Å². The van der Waals surface area contributed by atoms with Gasteiger partial charge in [0.25, 0.3) is 0 Å². The van der Waals surface area contributed by atoms with Crippen LogP contribution >= 0.6 is 0 Å². The van der Waals surface area contributed by atoms with Crippen LogP contribution in [-0.4, -0.2) is 51.8 Å². The Morgan fingerprint density at radius 2 is 1.06 bits per heavy atom. The van der Waals surface area contributed by atoms with Crippen LogP contribution in [0.3, 0.4) is 0 Å². The summed E-state index contributed by atoms with van der Waals surface area (Å²) >= 11 is 0. The number of hydrogen-bond acceptors (Lipinski definition) is 4. The third-order valence-electron chi connectivity index (χ3n) is 2.29. The van der Waals surface area contributed by atoms with Crippen molar-refractivity contribution in [1.29, 1.82) is 0 Å². The highest BCUT2D eigenvalue weighted by Crippen LogP contribution is 1.95. The molecule has 0 rings (SSSR count). The van der Waals surface area contributed by atoms with Gasteiger partial charge >= 0.3 is 0 Å². The second-order valence-corrected chi connectivity index (χ2v) is 4.51. The van der Waals surface area contributed by atoms with E-state index in [4.69, 9.17) is 18.9 Å². The molecule has 4 nitrogen and oxygen atoms in total. The lowest BCUT2D eigenvalue weighted by molar-refractivity contribution is -0.0429. The van der Waals surface area contributed by atoms with E-state index in [0.29, 0.717) is 26.4 Å². The van der Waals surface area contributed by atoms with Crippen molar-refractivity contribution in [2.75, 3.05) is 39.6 Å². The van der Waals surface area contributed by atoms with Crippen LogP contribution in [0.4, 0.5) is 0 Å². The normalized spacial score (nSPS) is 14.7. The van der Waals surface area contributed by atoms with Gasteiger partial charge in [0.2, 0.25) is 0 Å². The standard InChI is InChI=1S/C14H30O4/c1-5-7-17-13(3)11-15-9-10-16-12-14(4)18-8-6-2/h13-14H,5-12H2,1-4H3. The summed E-state index contributed by atoms with van der Waals surface area (Å²) in [6.07, 6.45) is 2.42. The molecule has 0 radical (unpaired) electrons. The van der Waals surface area contributed by atoms with Gasteiger partial charge in [0.1, 0.15) is 0 Å². The molecule has 0 aromatic heterocycles. The Hall–Kier alpha value is -0.160. The fourth-order valence-corrected chi connectivity index (χ4v) is 1.35. The van der Waals surface area contributed by atoms with Gasteiger partial charge in [-0.25, -0.2) is 0 Å². The maximum atomic E-state index is 5.49. The average molecular weight is 262 g/mol. The quantitative estimate of drug-likeness (QED) is 0.478. The van der Waals surface area contributed by atoms with Crippen molar-refractivity contribution in [1.82, 2.24) is 0 Å². The third-order valence-corrected chi connectivity index (χ3v) is 2.29. The highest BCUT2D eigenvalue weighted by molar-refractivity contribution is 4.48. The van der Waals surface area contributed by atoms with E-state index < -0.39 is 0 Å². The molecule has 0 bridgehead atoms. The molecule has 0 heterocycles. The number of rotatable bonds is 13. The van der Waals surface area contributed by atoms with Crippen molar-refractivity contribution in [2.24, 2.45) is 0 Å². The maximum Gasteiger partial charge on any atom is 0.0780 e. The van der Waals surface area contributed by atoms with Gasteiger partial charge in [0.15, 0.2) is 0 Å². The molecule has 4 heteroatoms. The van der Waals surface area contributed by atoms with E-state index in [1.54, 1.807) is 0 Å². The van der Waals surface area contributed by atoms with Crippen molar-refractivity contribution in [3.63, 3.8) is 0 Å². The van der Waals surface area contributed by atoms with Crippen LogP contribution in [0.25, 0.3) is 0 Å². The summed E-state index contributed by atoms with van der Waals surface area (Å²) in [5, 5.41) is 0. The van der Waals surface area contributed by atoms with E-state index in [1.165, 1.54) is 0 Å². The summed E-state index contributed by atoms with van der Waals surface area (Å²) < 4.78 is 21.9. The highest BCUT2D eigenvalue weighted by Gasteiger charge is 2.03. The van der Waals surface area contributed by atoms with Crippen LogP contribution in [-0.2, 0) is 18.9 Å². The summed E-state index contributed by atoms with van der Waals surface area (Å²) in [6, 6.07) is 0. The Kier molecular flexibility index (Phi) is 13.2. The van der Waals surface area contributed by atoms with Gasteiger partial charge in [-0.3, -0.25) is 0 Å². The van der Waals surface area contributed by atoms with E-state index in [2.05, 4.69) is 13.8 Å². The second kappa shape index (κ2) is 13.3. The van der Waals surface area contributed by atoms with Gasteiger partial charge in [-0.1, -0.05) is 13.8 Å². The van der Waals surface area contributed by atoms with Crippen molar-refractivity contribution in [3.8, 4) is 0 Å². The lowest BCUT2D eigenvalue weighted by atomic mass is 10.4. The lowest BCUT2D eigenvalue weighted by Crippen LogP contribution is -2.20. The van der Waals surface area contributed by atoms with Crippen molar-refractivity contribution in [3.05, 3.63) is 0 Å². The molecule has 0 saturated heterocycles. The topological polar surface area (TPSA) is 36.9 Å². The molecule has 0 aromatic rings. The molecule has 0 aromatic carbocycles. The van der Waals surface area contributed by atoms with E-state index >= 15 is 0 Å². The van der Waals surface area contributed by atoms with Crippen molar-refractivity contribution < 1.29 is 18.9 Å². The maximum absolute atomic E-state index is 5.49. The molecular weight excluding hydrogens is 232 g/mol. The Labute approximate surface area is 112 Å². The summed E-state index contributed by atoms with van der Waals surface area (Å²) in [5.41, 5.74) is 0. The Morgan fingerprint density at radius 3 is 1.39 bits per heavy atom.